The van der Waals surface area contributed by atoms with Gasteiger partial charge in [-0.25, -0.2) is 8.42 Å². The van der Waals surface area contributed by atoms with E-state index in [1.807, 2.05) is 6.92 Å². The Morgan fingerprint density at radius 2 is 1.92 bits per heavy atom. The van der Waals surface area contributed by atoms with E-state index in [1.165, 1.54) is 25.8 Å². The summed E-state index contributed by atoms with van der Waals surface area (Å²) in [5.41, 5.74) is 0. The molecule has 0 aliphatic carbocycles. The Balaban J connectivity index is 0.00000625. The summed E-state index contributed by atoms with van der Waals surface area (Å²) in [6.45, 7) is 13.7. The molecule has 1 rings (SSSR count). The molecule has 1 aliphatic rings. The van der Waals surface area contributed by atoms with E-state index >= 15 is 0 Å². The Morgan fingerprint density at radius 1 is 1.23 bits per heavy atom. The number of aliphatic imine (C=N–C) groups is 1. The molecule has 1 saturated heterocycles. The number of piperidine rings is 1. The summed E-state index contributed by atoms with van der Waals surface area (Å²) in [7, 11) is -3.11. The molecule has 1 fully saturated rings. The van der Waals surface area contributed by atoms with E-state index in [-0.39, 0.29) is 29.7 Å². The fraction of sp³-hybridized carbons (Fsp3) is 0.944. The van der Waals surface area contributed by atoms with Gasteiger partial charge in [-0.3, -0.25) is 4.99 Å². The van der Waals surface area contributed by atoms with E-state index in [2.05, 4.69) is 27.4 Å². The number of hydrogen-bond acceptors (Lipinski definition) is 4. The lowest BCUT2D eigenvalue weighted by molar-refractivity contribution is 0.160. The quantitative estimate of drug-likeness (QED) is 0.231. The molecule has 0 amide bonds. The molecule has 0 aromatic rings. The van der Waals surface area contributed by atoms with Crippen LogP contribution < -0.4 is 10.6 Å². The molecule has 0 saturated carbocycles. The lowest BCUT2D eigenvalue weighted by Gasteiger charge is -2.33. The van der Waals surface area contributed by atoms with E-state index in [1.54, 1.807) is 20.8 Å². The van der Waals surface area contributed by atoms with Gasteiger partial charge in [0.05, 0.1) is 10.5 Å². The number of nitrogens with one attached hydrogen (secondary N) is 2. The van der Waals surface area contributed by atoms with E-state index in [0.717, 1.165) is 26.1 Å². The molecule has 1 aliphatic heterocycles. The summed E-state index contributed by atoms with van der Waals surface area (Å²) in [4.78, 5) is 7.13. The van der Waals surface area contributed by atoms with Crippen LogP contribution in [0.1, 0.15) is 60.3 Å². The molecule has 26 heavy (non-hydrogen) atoms. The highest BCUT2D eigenvalue weighted by Gasteiger charge is 2.28. The molecule has 2 N–H and O–H groups in total. The largest absolute Gasteiger partial charge is 0.357 e. The van der Waals surface area contributed by atoms with Crippen LogP contribution >= 0.6 is 24.0 Å². The van der Waals surface area contributed by atoms with E-state index in [0.29, 0.717) is 18.5 Å². The van der Waals surface area contributed by atoms with Gasteiger partial charge < -0.3 is 15.5 Å². The van der Waals surface area contributed by atoms with E-state index < -0.39 is 14.6 Å². The van der Waals surface area contributed by atoms with Crippen LogP contribution in [0.25, 0.3) is 0 Å². The number of halogens is 1. The Morgan fingerprint density at radius 3 is 2.50 bits per heavy atom. The third-order valence-corrected chi connectivity index (χ3v) is 7.36. The van der Waals surface area contributed by atoms with Gasteiger partial charge in [0, 0.05) is 32.2 Å². The zero-order chi connectivity index (χ0) is 18.9. The van der Waals surface area contributed by atoms with Crippen LogP contribution in [0.15, 0.2) is 4.99 Å². The Kier molecular flexibility index (Phi) is 12.3. The van der Waals surface area contributed by atoms with Gasteiger partial charge in [-0.2, -0.15) is 0 Å². The first kappa shape index (κ1) is 25.9. The first-order valence-electron chi connectivity index (χ1n) is 9.66. The van der Waals surface area contributed by atoms with Gasteiger partial charge in [-0.15, -0.1) is 24.0 Å². The maximum absolute atomic E-state index is 12.2. The summed E-state index contributed by atoms with van der Waals surface area (Å²) in [6, 6.07) is 0.687. The maximum Gasteiger partial charge on any atom is 0.191 e. The molecule has 156 valence electrons. The van der Waals surface area contributed by atoms with Crippen molar-refractivity contribution in [3.8, 4) is 0 Å². The summed E-state index contributed by atoms with van der Waals surface area (Å²) in [5, 5.41) is 6.33. The Bertz CT molecular complexity index is 518. The van der Waals surface area contributed by atoms with E-state index in [9.17, 15) is 8.42 Å². The Hall–Kier alpha value is -0.0900. The smallest absolute Gasteiger partial charge is 0.191 e. The third kappa shape index (κ3) is 9.21. The molecule has 0 aromatic carbocycles. The van der Waals surface area contributed by atoms with Crippen molar-refractivity contribution in [3.05, 3.63) is 0 Å². The van der Waals surface area contributed by atoms with Crippen LogP contribution in [0.4, 0.5) is 0 Å². The minimum Gasteiger partial charge on any atom is -0.357 e. The molecule has 0 aromatic heterocycles. The van der Waals surface area contributed by atoms with Gasteiger partial charge in [-0.1, -0.05) is 6.42 Å². The number of sulfone groups is 1. The molecule has 1 atom stereocenters. The van der Waals surface area contributed by atoms with Gasteiger partial charge in [-0.05, 0) is 60.4 Å². The normalized spacial score (nSPS) is 19.7. The fourth-order valence-electron chi connectivity index (χ4n) is 2.91. The summed E-state index contributed by atoms with van der Waals surface area (Å²) >= 11 is 0. The molecule has 0 bridgehead atoms. The topological polar surface area (TPSA) is 73.8 Å². The van der Waals surface area contributed by atoms with Gasteiger partial charge in [0.1, 0.15) is 0 Å². The molecule has 8 heteroatoms. The highest BCUT2D eigenvalue weighted by atomic mass is 127. The predicted molar refractivity (Wildman–Crippen MR) is 122 cm³/mol. The minimum absolute atomic E-state index is 0. The summed E-state index contributed by atoms with van der Waals surface area (Å²) < 4.78 is 23.6. The lowest BCUT2D eigenvalue weighted by Crippen LogP contribution is -2.42. The van der Waals surface area contributed by atoms with Crippen LogP contribution in [-0.4, -0.2) is 68.5 Å². The van der Waals surface area contributed by atoms with Crippen molar-refractivity contribution >= 4 is 39.8 Å². The first-order chi connectivity index (χ1) is 11.7. The maximum atomic E-state index is 12.2. The molecule has 0 radical (unpaired) electrons. The van der Waals surface area contributed by atoms with Crippen molar-refractivity contribution in [2.45, 2.75) is 71.1 Å². The molecule has 6 nitrogen and oxygen atoms in total. The van der Waals surface area contributed by atoms with Crippen LogP contribution in [-0.2, 0) is 9.84 Å². The zero-order valence-corrected chi connectivity index (χ0v) is 20.3. The molecular weight excluding hydrogens is 463 g/mol. The van der Waals surface area contributed by atoms with Crippen molar-refractivity contribution < 1.29 is 8.42 Å². The molecule has 1 heterocycles. The minimum atomic E-state index is -3.11. The molecule has 0 spiro atoms. The highest BCUT2D eigenvalue weighted by Crippen LogP contribution is 2.16. The standard InChI is InChI=1S/C18H38N4O2S.HI/c1-6-19-17(21-12-15-25(23,24)18(3,4)5)20-11-9-14-22-13-8-7-10-16(22)2;/h16H,6-15H2,1-5H3,(H2,19,20,21);1H. The highest BCUT2D eigenvalue weighted by molar-refractivity contribution is 14.0. The zero-order valence-electron chi connectivity index (χ0n) is 17.2. The number of hydrogen-bond donors (Lipinski definition) is 2. The number of likely N-dealkylation sites (tertiary alicyclic amines) is 1. The van der Waals surface area contributed by atoms with Crippen molar-refractivity contribution in [1.29, 1.82) is 0 Å². The monoisotopic (exact) mass is 502 g/mol. The van der Waals surface area contributed by atoms with Crippen LogP contribution in [0, 0.1) is 0 Å². The fourth-order valence-corrected chi connectivity index (χ4v) is 3.89. The second-order valence-corrected chi connectivity index (χ2v) is 10.7. The Labute approximate surface area is 177 Å². The number of nitrogens with zero attached hydrogens (tertiary/aromatic N) is 2. The van der Waals surface area contributed by atoms with Gasteiger partial charge in [0.25, 0.3) is 0 Å². The summed E-state index contributed by atoms with van der Waals surface area (Å²) in [5.74, 6) is 0.824. The van der Waals surface area contributed by atoms with Crippen molar-refractivity contribution in [1.82, 2.24) is 15.5 Å². The second-order valence-electron chi connectivity index (χ2n) is 7.85. The first-order valence-corrected chi connectivity index (χ1v) is 11.3. The second kappa shape index (κ2) is 12.4. The van der Waals surface area contributed by atoms with Crippen LogP contribution in [0.5, 0.6) is 0 Å². The van der Waals surface area contributed by atoms with Crippen molar-refractivity contribution in [3.63, 3.8) is 0 Å². The van der Waals surface area contributed by atoms with Crippen molar-refractivity contribution in [2.75, 3.05) is 38.5 Å². The van der Waals surface area contributed by atoms with Crippen LogP contribution in [0.2, 0.25) is 0 Å². The van der Waals surface area contributed by atoms with Gasteiger partial charge in [0.2, 0.25) is 0 Å². The van der Waals surface area contributed by atoms with Gasteiger partial charge in [0.15, 0.2) is 15.8 Å². The van der Waals surface area contributed by atoms with Crippen molar-refractivity contribution in [2.24, 2.45) is 4.99 Å². The average molecular weight is 503 g/mol. The van der Waals surface area contributed by atoms with Gasteiger partial charge >= 0.3 is 0 Å². The molecule has 1 unspecified atom stereocenters. The predicted octanol–water partition coefficient (Wildman–Crippen LogP) is 2.64. The van der Waals surface area contributed by atoms with Crippen LogP contribution in [0.3, 0.4) is 0 Å². The lowest BCUT2D eigenvalue weighted by atomic mass is 10.0. The van der Waals surface area contributed by atoms with E-state index in [4.69, 9.17) is 0 Å². The number of rotatable bonds is 8. The molecular formula is C18H39IN4O2S. The third-order valence-electron chi connectivity index (χ3n) is 4.75. The summed E-state index contributed by atoms with van der Waals surface area (Å²) in [6.07, 6.45) is 4.98. The average Bonchev–Trinajstić information content (AvgIpc) is 2.51. The SMILES string of the molecule is CCNC(=NCCCN1CCCCC1C)NCCS(=O)(=O)C(C)(C)C.I. The number of guanidine groups is 1.